The van der Waals surface area contributed by atoms with Gasteiger partial charge in [-0.15, -0.1) is 0 Å². The number of aliphatic hydroxyl groups is 1. The number of halogens is 1. The molecule has 1 atom stereocenters. The third-order valence-electron chi connectivity index (χ3n) is 2.60. The lowest BCUT2D eigenvalue weighted by Gasteiger charge is -2.15. The first-order valence-corrected chi connectivity index (χ1v) is 5.12. The van der Waals surface area contributed by atoms with E-state index in [0.717, 1.165) is 18.4 Å². The third-order valence-corrected chi connectivity index (χ3v) is 2.93. The number of hydrogen-bond donors (Lipinski definition) is 1. The van der Waals surface area contributed by atoms with Crippen LogP contribution in [-0.4, -0.2) is 12.2 Å². The summed E-state index contributed by atoms with van der Waals surface area (Å²) >= 11 is 6.03. The topological polar surface area (TPSA) is 29.5 Å². The molecule has 1 aliphatic rings. The van der Waals surface area contributed by atoms with E-state index in [1.165, 1.54) is 0 Å². The van der Waals surface area contributed by atoms with Gasteiger partial charge in [0.15, 0.2) is 0 Å². The molecule has 0 amide bonds. The maximum absolute atomic E-state index is 9.99. The lowest BCUT2D eigenvalue weighted by molar-refractivity contribution is 0.150. The van der Waals surface area contributed by atoms with Gasteiger partial charge in [-0.2, -0.15) is 0 Å². The van der Waals surface area contributed by atoms with E-state index < -0.39 is 6.10 Å². The average molecular weight is 213 g/mol. The molecule has 0 bridgehead atoms. The molecule has 2 rings (SSSR count). The van der Waals surface area contributed by atoms with E-state index in [1.54, 1.807) is 13.2 Å². The van der Waals surface area contributed by atoms with Crippen molar-refractivity contribution in [1.82, 2.24) is 0 Å². The van der Waals surface area contributed by atoms with Crippen LogP contribution in [0.3, 0.4) is 0 Å². The predicted octanol–water partition coefficient (Wildman–Crippen LogP) is 2.79. The summed E-state index contributed by atoms with van der Waals surface area (Å²) in [4.78, 5) is 0. The molecule has 1 N–H and O–H groups in total. The Morgan fingerprint density at radius 1 is 1.50 bits per heavy atom. The Balaban J connectivity index is 2.37. The van der Waals surface area contributed by atoms with E-state index in [0.29, 0.717) is 16.7 Å². The Labute approximate surface area is 88.5 Å². The van der Waals surface area contributed by atoms with Crippen LogP contribution < -0.4 is 4.74 Å². The molecule has 1 aromatic carbocycles. The zero-order valence-electron chi connectivity index (χ0n) is 8.03. The molecule has 0 aromatic heterocycles. The van der Waals surface area contributed by atoms with Crippen LogP contribution in [0.4, 0.5) is 0 Å². The number of aliphatic hydroxyl groups excluding tert-OH is 1. The zero-order valence-corrected chi connectivity index (χ0v) is 8.79. The Morgan fingerprint density at radius 2 is 2.21 bits per heavy atom. The van der Waals surface area contributed by atoms with Crippen molar-refractivity contribution in [2.24, 2.45) is 5.92 Å². The third kappa shape index (κ3) is 1.72. The van der Waals surface area contributed by atoms with Crippen molar-refractivity contribution in [3.63, 3.8) is 0 Å². The van der Waals surface area contributed by atoms with E-state index in [9.17, 15) is 5.11 Å². The molecule has 0 heterocycles. The zero-order chi connectivity index (χ0) is 10.1. The van der Waals surface area contributed by atoms with Crippen molar-refractivity contribution < 1.29 is 9.84 Å². The molecular formula is C11H13ClO2. The van der Waals surface area contributed by atoms with E-state index in [1.807, 2.05) is 12.1 Å². The van der Waals surface area contributed by atoms with Crippen LogP contribution >= 0.6 is 11.6 Å². The van der Waals surface area contributed by atoms with Gasteiger partial charge in [0.25, 0.3) is 0 Å². The van der Waals surface area contributed by atoms with Gasteiger partial charge in [0.2, 0.25) is 0 Å². The number of methoxy groups -OCH3 is 1. The lowest BCUT2D eigenvalue weighted by Crippen LogP contribution is -2.03. The molecular weight excluding hydrogens is 200 g/mol. The largest absolute Gasteiger partial charge is 0.496 e. The van der Waals surface area contributed by atoms with Gasteiger partial charge in [-0.25, -0.2) is 0 Å². The van der Waals surface area contributed by atoms with E-state index in [-0.39, 0.29) is 0 Å². The monoisotopic (exact) mass is 212 g/mol. The maximum atomic E-state index is 9.99. The summed E-state index contributed by atoms with van der Waals surface area (Å²) in [6.45, 7) is 0. The van der Waals surface area contributed by atoms with Crippen molar-refractivity contribution in [2.75, 3.05) is 7.11 Å². The molecule has 1 saturated carbocycles. The standard InChI is InChI=1S/C11H13ClO2/c1-14-9-4-2-3-8(12)10(9)11(13)7-5-6-7/h2-4,7,11,13H,5-6H2,1H3. The summed E-state index contributed by atoms with van der Waals surface area (Å²) in [5.74, 6) is 1.04. The Kier molecular flexibility index (Phi) is 2.66. The van der Waals surface area contributed by atoms with E-state index in [2.05, 4.69) is 0 Å². The van der Waals surface area contributed by atoms with Crippen LogP contribution in [0.15, 0.2) is 18.2 Å². The van der Waals surface area contributed by atoms with Crippen LogP contribution in [0.5, 0.6) is 5.75 Å². The van der Waals surface area contributed by atoms with Gasteiger partial charge >= 0.3 is 0 Å². The van der Waals surface area contributed by atoms with Crippen LogP contribution in [-0.2, 0) is 0 Å². The fourth-order valence-electron chi connectivity index (χ4n) is 1.63. The van der Waals surface area contributed by atoms with Gasteiger partial charge in [-0.3, -0.25) is 0 Å². The molecule has 0 aliphatic heterocycles. The van der Waals surface area contributed by atoms with Crippen molar-refractivity contribution in [1.29, 1.82) is 0 Å². The van der Waals surface area contributed by atoms with Crippen LogP contribution in [0, 0.1) is 5.92 Å². The molecule has 1 unspecified atom stereocenters. The van der Waals surface area contributed by atoms with Crippen LogP contribution in [0.2, 0.25) is 5.02 Å². The second-order valence-electron chi connectivity index (χ2n) is 3.64. The van der Waals surface area contributed by atoms with Crippen molar-refractivity contribution in [3.05, 3.63) is 28.8 Å². The van der Waals surface area contributed by atoms with Crippen molar-refractivity contribution in [3.8, 4) is 5.75 Å². The van der Waals surface area contributed by atoms with Crippen molar-refractivity contribution in [2.45, 2.75) is 18.9 Å². The summed E-state index contributed by atoms with van der Waals surface area (Å²) in [5, 5.41) is 10.6. The van der Waals surface area contributed by atoms with Gasteiger partial charge in [-0.05, 0) is 30.9 Å². The molecule has 2 nitrogen and oxygen atoms in total. The second kappa shape index (κ2) is 3.79. The summed E-state index contributed by atoms with van der Waals surface area (Å²) in [6, 6.07) is 5.43. The minimum atomic E-state index is -0.473. The Bertz CT molecular complexity index is 334. The SMILES string of the molecule is COc1cccc(Cl)c1C(O)C1CC1. The highest BCUT2D eigenvalue weighted by atomic mass is 35.5. The van der Waals surface area contributed by atoms with Crippen LogP contribution in [0.1, 0.15) is 24.5 Å². The predicted molar refractivity (Wildman–Crippen MR) is 55.7 cm³/mol. The first kappa shape index (κ1) is 9.81. The quantitative estimate of drug-likeness (QED) is 0.835. The normalized spacial score (nSPS) is 17.9. The molecule has 3 heteroatoms. The molecule has 1 fully saturated rings. The number of benzene rings is 1. The molecule has 0 radical (unpaired) electrons. The number of hydrogen-bond acceptors (Lipinski definition) is 2. The minimum absolute atomic E-state index is 0.365. The fourth-order valence-corrected chi connectivity index (χ4v) is 1.91. The first-order valence-electron chi connectivity index (χ1n) is 4.74. The second-order valence-corrected chi connectivity index (χ2v) is 4.05. The van der Waals surface area contributed by atoms with E-state index >= 15 is 0 Å². The molecule has 0 saturated heterocycles. The van der Waals surface area contributed by atoms with Gasteiger partial charge in [0.1, 0.15) is 5.75 Å². The smallest absolute Gasteiger partial charge is 0.126 e. The Morgan fingerprint density at radius 3 is 2.79 bits per heavy atom. The number of ether oxygens (including phenoxy) is 1. The Hall–Kier alpha value is -0.730. The van der Waals surface area contributed by atoms with Gasteiger partial charge in [-0.1, -0.05) is 17.7 Å². The maximum Gasteiger partial charge on any atom is 0.126 e. The molecule has 0 spiro atoms. The summed E-state index contributed by atoms with van der Waals surface area (Å²) in [5.41, 5.74) is 0.735. The summed E-state index contributed by atoms with van der Waals surface area (Å²) in [6.07, 6.45) is 1.68. The fraction of sp³-hybridized carbons (Fsp3) is 0.455. The summed E-state index contributed by atoms with van der Waals surface area (Å²) < 4.78 is 5.18. The van der Waals surface area contributed by atoms with Gasteiger partial charge in [0, 0.05) is 5.56 Å². The van der Waals surface area contributed by atoms with Gasteiger partial charge < -0.3 is 9.84 Å². The highest BCUT2D eigenvalue weighted by Crippen LogP contribution is 2.45. The highest BCUT2D eigenvalue weighted by molar-refractivity contribution is 6.31. The molecule has 14 heavy (non-hydrogen) atoms. The summed E-state index contributed by atoms with van der Waals surface area (Å²) in [7, 11) is 1.59. The molecule has 1 aliphatic carbocycles. The average Bonchev–Trinajstić information content (AvgIpc) is 2.99. The minimum Gasteiger partial charge on any atom is -0.496 e. The van der Waals surface area contributed by atoms with E-state index in [4.69, 9.17) is 16.3 Å². The highest BCUT2D eigenvalue weighted by Gasteiger charge is 2.33. The number of rotatable bonds is 3. The van der Waals surface area contributed by atoms with Gasteiger partial charge in [0.05, 0.1) is 18.2 Å². The lowest BCUT2D eigenvalue weighted by atomic mass is 10.0. The first-order chi connectivity index (χ1) is 6.74. The van der Waals surface area contributed by atoms with Crippen LogP contribution in [0.25, 0.3) is 0 Å². The van der Waals surface area contributed by atoms with Crippen molar-refractivity contribution >= 4 is 11.6 Å². The molecule has 76 valence electrons. The molecule has 1 aromatic rings.